The lowest BCUT2D eigenvalue weighted by molar-refractivity contribution is 0.834. The van der Waals surface area contributed by atoms with E-state index in [2.05, 4.69) is 16.2 Å². The summed E-state index contributed by atoms with van der Waals surface area (Å²) in [6, 6.07) is 11.9. The summed E-state index contributed by atoms with van der Waals surface area (Å²) in [5.74, 6) is 0. The zero-order valence-electron chi connectivity index (χ0n) is 8.74. The van der Waals surface area contributed by atoms with E-state index >= 15 is 0 Å². The van der Waals surface area contributed by atoms with Crippen molar-refractivity contribution in [3.63, 3.8) is 0 Å². The number of hydrogen-bond donors (Lipinski definition) is 0. The van der Waals surface area contributed by atoms with Crippen LogP contribution in [0.2, 0.25) is 0 Å². The Hall–Kier alpha value is -1.80. The number of rotatable bonds is 3. The normalized spacial score (nSPS) is 12.0. The Morgan fingerprint density at radius 1 is 1.38 bits per heavy atom. The van der Waals surface area contributed by atoms with Crippen molar-refractivity contribution in [2.45, 2.75) is 17.3 Å². The van der Waals surface area contributed by atoms with Crippen LogP contribution in [0.15, 0.2) is 41.8 Å². The first kappa shape index (κ1) is 10.7. The fraction of sp³-hybridized carbons (Fsp3) is 0.182. The van der Waals surface area contributed by atoms with Gasteiger partial charge >= 0.3 is 0 Å². The monoisotopic (exact) mass is 230 g/mol. The minimum absolute atomic E-state index is 0.133. The predicted molar refractivity (Wildman–Crippen MR) is 62.3 cm³/mol. The van der Waals surface area contributed by atoms with E-state index in [9.17, 15) is 0 Å². The van der Waals surface area contributed by atoms with Gasteiger partial charge in [0.05, 0.1) is 17.0 Å². The first-order chi connectivity index (χ1) is 7.79. The molecule has 2 rings (SSSR count). The van der Waals surface area contributed by atoms with Crippen molar-refractivity contribution in [2.24, 2.45) is 0 Å². The van der Waals surface area contributed by atoms with Crippen molar-refractivity contribution in [2.75, 3.05) is 0 Å². The zero-order valence-corrected chi connectivity index (χ0v) is 9.56. The molecule has 1 atom stereocenters. The molecule has 1 aromatic carbocycles. The number of aromatic nitrogens is 3. The highest BCUT2D eigenvalue weighted by Crippen LogP contribution is 2.18. The summed E-state index contributed by atoms with van der Waals surface area (Å²) in [6.45, 7) is 1.83. The SMILES string of the molecule is CC(C#N)Sc1ncn(-c2ccccc2)n1. The maximum absolute atomic E-state index is 8.69. The standard InChI is InChI=1S/C11H10N4S/c1-9(7-12)16-11-13-8-15(14-11)10-5-3-2-4-6-10/h2-6,8-9H,1H3. The molecule has 0 aliphatic rings. The second kappa shape index (κ2) is 4.81. The summed E-state index contributed by atoms with van der Waals surface area (Å²) in [5, 5.41) is 13.5. The van der Waals surface area contributed by atoms with E-state index in [4.69, 9.17) is 5.26 Å². The molecule has 0 saturated carbocycles. The van der Waals surface area contributed by atoms with Gasteiger partial charge in [0.15, 0.2) is 0 Å². The van der Waals surface area contributed by atoms with Crippen LogP contribution in [-0.2, 0) is 0 Å². The number of nitriles is 1. The van der Waals surface area contributed by atoms with Gasteiger partial charge in [-0.1, -0.05) is 30.0 Å². The maximum atomic E-state index is 8.69. The lowest BCUT2D eigenvalue weighted by atomic mass is 10.3. The highest BCUT2D eigenvalue weighted by molar-refractivity contribution is 7.99. The molecule has 1 heterocycles. The molecule has 0 fully saturated rings. The topological polar surface area (TPSA) is 54.5 Å². The summed E-state index contributed by atoms with van der Waals surface area (Å²) < 4.78 is 1.70. The Morgan fingerprint density at radius 3 is 2.81 bits per heavy atom. The highest BCUT2D eigenvalue weighted by Gasteiger charge is 2.07. The minimum Gasteiger partial charge on any atom is -0.220 e. The first-order valence-corrected chi connectivity index (χ1v) is 5.71. The molecular formula is C11H10N4S. The third-order valence-electron chi connectivity index (χ3n) is 1.96. The summed E-state index contributed by atoms with van der Waals surface area (Å²) in [7, 11) is 0. The Bertz CT molecular complexity index is 500. The van der Waals surface area contributed by atoms with Crippen LogP contribution in [-0.4, -0.2) is 20.0 Å². The molecule has 80 valence electrons. The van der Waals surface area contributed by atoms with Crippen LogP contribution >= 0.6 is 11.8 Å². The first-order valence-electron chi connectivity index (χ1n) is 4.83. The van der Waals surface area contributed by atoms with E-state index in [0.717, 1.165) is 5.69 Å². The lowest BCUT2D eigenvalue weighted by Gasteiger charge is -1.98. The van der Waals surface area contributed by atoms with E-state index in [1.165, 1.54) is 11.8 Å². The fourth-order valence-corrected chi connectivity index (χ4v) is 1.80. The van der Waals surface area contributed by atoms with Crippen LogP contribution in [0.3, 0.4) is 0 Å². The van der Waals surface area contributed by atoms with Crippen molar-refractivity contribution in [3.8, 4) is 11.8 Å². The molecule has 1 aromatic heterocycles. The molecule has 0 spiro atoms. The molecule has 5 heteroatoms. The van der Waals surface area contributed by atoms with Crippen LogP contribution in [0, 0.1) is 11.3 Å². The van der Waals surface area contributed by atoms with Gasteiger partial charge in [-0.05, 0) is 19.1 Å². The van der Waals surface area contributed by atoms with Gasteiger partial charge in [-0.3, -0.25) is 0 Å². The fourth-order valence-electron chi connectivity index (χ4n) is 1.19. The van der Waals surface area contributed by atoms with Crippen LogP contribution < -0.4 is 0 Å². The third kappa shape index (κ3) is 2.41. The quantitative estimate of drug-likeness (QED) is 0.759. The second-order valence-electron chi connectivity index (χ2n) is 3.20. The molecule has 0 radical (unpaired) electrons. The lowest BCUT2D eigenvalue weighted by Crippen LogP contribution is -1.95. The van der Waals surface area contributed by atoms with Gasteiger partial charge in [0.2, 0.25) is 5.16 Å². The summed E-state index contributed by atoms with van der Waals surface area (Å²) in [6.07, 6.45) is 1.65. The Kier molecular flexibility index (Phi) is 3.22. The Morgan fingerprint density at radius 2 is 2.12 bits per heavy atom. The number of para-hydroxylation sites is 1. The molecule has 0 aliphatic heterocycles. The van der Waals surface area contributed by atoms with Gasteiger partial charge < -0.3 is 0 Å². The van der Waals surface area contributed by atoms with E-state index in [0.29, 0.717) is 5.16 Å². The van der Waals surface area contributed by atoms with E-state index in [1.54, 1.807) is 11.0 Å². The van der Waals surface area contributed by atoms with Crippen LogP contribution in [0.1, 0.15) is 6.92 Å². The van der Waals surface area contributed by atoms with Gasteiger partial charge in [-0.25, -0.2) is 9.67 Å². The summed E-state index contributed by atoms with van der Waals surface area (Å²) in [5.41, 5.74) is 0.964. The number of thioether (sulfide) groups is 1. The average Bonchev–Trinajstić information content (AvgIpc) is 2.78. The van der Waals surface area contributed by atoms with Gasteiger partial charge in [0, 0.05) is 0 Å². The average molecular weight is 230 g/mol. The summed E-state index contributed by atoms with van der Waals surface area (Å²) in [4.78, 5) is 4.14. The van der Waals surface area contributed by atoms with Gasteiger partial charge in [-0.15, -0.1) is 5.10 Å². The Balaban J connectivity index is 2.18. The predicted octanol–water partition coefficient (Wildman–Crippen LogP) is 2.27. The van der Waals surface area contributed by atoms with Crippen molar-refractivity contribution >= 4 is 11.8 Å². The molecule has 0 saturated heterocycles. The molecule has 0 aliphatic carbocycles. The van der Waals surface area contributed by atoms with Crippen LogP contribution in [0.4, 0.5) is 0 Å². The van der Waals surface area contributed by atoms with Crippen molar-refractivity contribution in [1.82, 2.24) is 14.8 Å². The van der Waals surface area contributed by atoms with Gasteiger partial charge in [-0.2, -0.15) is 5.26 Å². The minimum atomic E-state index is -0.133. The van der Waals surface area contributed by atoms with E-state index in [1.807, 2.05) is 37.3 Å². The molecule has 16 heavy (non-hydrogen) atoms. The second-order valence-corrected chi connectivity index (χ2v) is 4.50. The summed E-state index contributed by atoms with van der Waals surface area (Å²) >= 11 is 1.35. The van der Waals surface area contributed by atoms with Crippen LogP contribution in [0.25, 0.3) is 5.69 Å². The largest absolute Gasteiger partial charge is 0.220 e. The molecule has 1 unspecified atom stereocenters. The molecule has 0 bridgehead atoms. The molecule has 0 amide bonds. The van der Waals surface area contributed by atoms with Gasteiger partial charge in [0.25, 0.3) is 0 Å². The van der Waals surface area contributed by atoms with Crippen molar-refractivity contribution < 1.29 is 0 Å². The van der Waals surface area contributed by atoms with Crippen LogP contribution in [0.5, 0.6) is 0 Å². The van der Waals surface area contributed by atoms with Crippen molar-refractivity contribution in [1.29, 1.82) is 5.26 Å². The molecule has 2 aromatic rings. The smallest absolute Gasteiger partial charge is 0.210 e. The highest BCUT2D eigenvalue weighted by atomic mass is 32.2. The number of hydrogen-bond acceptors (Lipinski definition) is 4. The molecule has 0 N–H and O–H groups in total. The van der Waals surface area contributed by atoms with E-state index < -0.39 is 0 Å². The van der Waals surface area contributed by atoms with Gasteiger partial charge in [0.1, 0.15) is 6.33 Å². The molecular weight excluding hydrogens is 220 g/mol. The zero-order chi connectivity index (χ0) is 11.4. The Labute approximate surface area is 97.9 Å². The molecule has 4 nitrogen and oxygen atoms in total. The maximum Gasteiger partial charge on any atom is 0.210 e. The number of benzene rings is 1. The third-order valence-corrected chi connectivity index (χ3v) is 2.81. The van der Waals surface area contributed by atoms with E-state index in [-0.39, 0.29) is 5.25 Å². The number of nitrogens with zero attached hydrogens (tertiary/aromatic N) is 4. The van der Waals surface area contributed by atoms with Crippen molar-refractivity contribution in [3.05, 3.63) is 36.7 Å².